The molecule has 4 aromatic heterocycles. The molecule has 4 nitrogen and oxygen atoms in total. The lowest BCUT2D eigenvalue weighted by Gasteiger charge is -2.13. The van der Waals surface area contributed by atoms with Crippen molar-refractivity contribution in [1.29, 1.82) is 0 Å². The van der Waals surface area contributed by atoms with Gasteiger partial charge in [-0.15, -0.1) is 0 Å². The van der Waals surface area contributed by atoms with Gasteiger partial charge in [0, 0.05) is 54.5 Å². The van der Waals surface area contributed by atoms with E-state index in [4.69, 9.17) is 8.83 Å². The number of aromatic nitrogens is 2. The van der Waals surface area contributed by atoms with Crippen molar-refractivity contribution < 1.29 is 8.83 Å². The van der Waals surface area contributed by atoms with E-state index in [2.05, 4.69) is 276 Å². The molecular weight excluding hydrogens is 949 g/mol. The van der Waals surface area contributed by atoms with Crippen LogP contribution in [0.25, 0.3) is 165 Å². The molecule has 0 radical (unpaired) electrons. The van der Waals surface area contributed by atoms with E-state index < -0.39 is 0 Å². The summed E-state index contributed by atoms with van der Waals surface area (Å²) in [5.41, 5.74) is 19.6. The number of nitrogens with zero attached hydrogens (tertiary/aromatic N) is 2. The van der Waals surface area contributed by atoms with E-state index in [9.17, 15) is 0 Å². The minimum absolute atomic E-state index is 0.876. The maximum atomic E-state index is 6.66. The van der Waals surface area contributed by atoms with Crippen LogP contribution in [0.5, 0.6) is 0 Å². The van der Waals surface area contributed by atoms with Gasteiger partial charge in [-0.25, -0.2) is 0 Å². The van der Waals surface area contributed by atoms with E-state index in [1.807, 2.05) is 0 Å². The Morgan fingerprint density at radius 1 is 0.218 bits per heavy atom. The van der Waals surface area contributed by atoms with Gasteiger partial charge in [-0.2, -0.15) is 0 Å². The van der Waals surface area contributed by atoms with Crippen molar-refractivity contribution in [3.8, 4) is 55.9 Å². The van der Waals surface area contributed by atoms with Crippen molar-refractivity contribution >= 4 is 109 Å². The number of para-hydroxylation sites is 2. The maximum absolute atomic E-state index is 6.66. The fourth-order valence-electron chi connectivity index (χ4n) is 13.2. The fraction of sp³-hybridized carbons (Fsp3) is 0. The zero-order valence-electron chi connectivity index (χ0n) is 42.1. The highest BCUT2D eigenvalue weighted by Gasteiger charge is 2.23. The molecular formula is C74H44N2O2. The van der Waals surface area contributed by atoms with E-state index in [0.29, 0.717) is 0 Å². The predicted octanol–water partition coefficient (Wildman–Crippen LogP) is 20.7. The second kappa shape index (κ2) is 16.5. The quantitative estimate of drug-likeness (QED) is 0.166. The third-order valence-electron chi connectivity index (χ3n) is 16.5. The second-order valence-electron chi connectivity index (χ2n) is 20.7. The molecule has 17 aromatic rings. The minimum Gasteiger partial charge on any atom is -0.456 e. The topological polar surface area (TPSA) is 36.1 Å². The average Bonchev–Trinajstić information content (AvgIpc) is 4.38. The van der Waals surface area contributed by atoms with Gasteiger partial charge in [0.2, 0.25) is 0 Å². The van der Waals surface area contributed by atoms with Gasteiger partial charge in [0.05, 0.1) is 22.1 Å². The molecule has 78 heavy (non-hydrogen) atoms. The molecule has 0 amide bonds. The normalized spacial score (nSPS) is 12.1. The van der Waals surface area contributed by atoms with Gasteiger partial charge in [-0.1, -0.05) is 188 Å². The third-order valence-corrected chi connectivity index (χ3v) is 16.5. The molecule has 0 bridgehead atoms. The predicted molar refractivity (Wildman–Crippen MR) is 326 cm³/mol. The summed E-state index contributed by atoms with van der Waals surface area (Å²) in [6.07, 6.45) is 0. The van der Waals surface area contributed by atoms with E-state index >= 15 is 0 Å². The lowest BCUT2D eigenvalue weighted by Crippen LogP contribution is -1.98. The summed E-state index contributed by atoms with van der Waals surface area (Å²) < 4.78 is 18.2. The molecule has 0 aliphatic carbocycles. The molecule has 13 aromatic carbocycles. The Labute approximate surface area is 447 Å². The molecule has 4 heteroatoms. The number of benzene rings is 13. The molecule has 0 saturated carbocycles. The summed E-state index contributed by atoms with van der Waals surface area (Å²) in [6.45, 7) is 0. The molecule has 0 fully saturated rings. The molecule has 0 saturated heterocycles. The van der Waals surface area contributed by atoms with Crippen molar-refractivity contribution in [2.24, 2.45) is 0 Å². The molecule has 0 spiro atoms. The van der Waals surface area contributed by atoms with Gasteiger partial charge >= 0.3 is 0 Å². The number of rotatable bonds is 6. The van der Waals surface area contributed by atoms with E-state index in [-0.39, 0.29) is 0 Å². The summed E-state index contributed by atoms with van der Waals surface area (Å²) >= 11 is 0. The number of furan rings is 2. The number of hydrogen-bond donors (Lipinski definition) is 0. The molecule has 4 heterocycles. The Bertz CT molecular complexity index is 5010. The highest BCUT2D eigenvalue weighted by Crippen LogP contribution is 2.47. The summed E-state index contributed by atoms with van der Waals surface area (Å²) in [6, 6.07) is 97.0. The highest BCUT2D eigenvalue weighted by atomic mass is 16.3. The molecule has 0 unspecified atom stereocenters. The Balaban J connectivity index is 0.835. The average molecular weight is 993 g/mol. The van der Waals surface area contributed by atoms with Crippen LogP contribution in [0, 0.1) is 0 Å². The minimum atomic E-state index is 0.876. The van der Waals surface area contributed by atoms with Crippen molar-refractivity contribution in [3.05, 3.63) is 267 Å². The lowest BCUT2D eigenvalue weighted by molar-refractivity contribution is 0.668. The van der Waals surface area contributed by atoms with Crippen molar-refractivity contribution in [1.82, 2.24) is 9.13 Å². The first-order chi connectivity index (χ1) is 38.7. The van der Waals surface area contributed by atoms with Gasteiger partial charge < -0.3 is 18.0 Å². The second-order valence-corrected chi connectivity index (χ2v) is 20.7. The van der Waals surface area contributed by atoms with E-state index in [0.717, 1.165) is 88.4 Å². The Hall–Kier alpha value is -10.4. The Kier molecular flexibility index (Phi) is 9.09. The molecule has 362 valence electrons. The SMILES string of the molecule is c1cc(-n2c3ccccc3c3c(-c4cccc5oc6ccc(-c7cccc8ccccc78)cc6c45)cccc32)cc(-n2c3ccccc3c3c(-c4cccc5oc6ccc(-c7cccc8ccccc78)cc6c45)cccc32)c1. The third kappa shape index (κ3) is 6.23. The lowest BCUT2D eigenvalue weighted by atomic mass is 9.93. The highest BCUT2D eigenvalue weighted by molar-refractivity contribution is 6.23. The Morgan fingerprint density at radius 3 is 1.06 bits per heavy atom. The largest absolute Gasteiger partial charge is 0.456 e. The molecule has 0 N–H and O–H groups in total. The smallest absolute Gasteiger partial charge is 0.136 e. The van der Waals surface area contributed by atoms with Gasteiger partial charge in [0.15, 0.2) is 0 Å². The van der Waals surface area contributed by atoms with Crippen molar-refractivity contribution in [2.75, 3.05) is 0 Å². The van der Waals surface area contributed by atoms with E-state index in [1.165, 1.54) is 76.5 Å². The van der Waals surface area contributed by atoms with Crippen LogP contribution in [0.4, 0.5) is 0 Å². The van der Waals surface area contributed by atoms with Crippen molar-refractivity contribution in [3.63, 3.8) is 0 Å². The van der Waals surface area contributed by atoms with Crippen LogP contribution in [0.2, 0.25) is 0 Å². The van der Waals surface area contributed by atoms with Crippen LogP contribution in [0.1, 0.15) is 0 Å². The van der Waals surface area contributed by atoms with Crippen LogP contribution in [0.15, 0.2) is 276 Å². The van der Waals surface area contributed by atoms with Crippen molar-refractivity contribution in [2.45, 2.75) is 0 Å². The zero-order chi connectivity index (χ0) is 51.0. The Morgan fingerprint density at radius 2 is 0.577 bits per heavy atom. The summed E-state index contributed by atoms with van der Waals surface area (Å²) in [4.78, 5) is 0. The van der Waals surface area contributed by atoms with E-state index in [1.54, 1.807) is 0 Å². The fourth-order valence-corrected chi connectivity index (χ4v) is 13.2. The van der Waals surface area contributed by atoms with Gasteiger partial charge in [0.1, 0.15) is 22.3 Å². The molecule has 0 aliphatic heterocycles. The van der Waals surface area contributed by atoms with Crippen LogP contribution in [-0.4, -0.2) is 9.13 Å². The monoisotopic (exact) mass is 992 g/mol. The summed E-state index contributed by atoms with van der Waals surface area (Å²) in [5.74, 6) is 0. The standard InChI is InChI=1S/C74H44N2O2/c1-3-22-51-45(16-1)18-9-26-53(51)47-38-40-67-61(42-47)73-57(30-14-36-69(73)77-67)55-28-12-34-65-71(55)59-24-5-7-32-63(59)75(65)49-20-11-21-50(44-49)76-64-33-8-6-25-60(64)72-56(29-13-35-66(72)76)58-31-15-37-70-74(58)62-43-48(39-41-68(62)78-70)54-27-10-19-46-17-2-4-23-52(46)54/h1-44H. The van der Waals surface area contributed by atoms with Crippen LogP contribution < -0.4 is 0 Å². The van der Waals surface area contributed by atoms with Gasteiger partial charge in [-0.05, 0) is 145 Å². The molecule has 0 atom stereocenters. The van der Waals surface area contributed by atoms with Gasteiger partial charge in [0.25, 0.3) is 0 Å². The zero-order valence-corrected chi connectivity index (χ0v) is 42.1. The van der Waals surface area contributed by atoms with Crippen LogP contribution in [-0.2, 0) is 0 Å². The summed E-state index contributed by atoms with van der Waals surface area (Å²) in [7, 11) is 0. The maximum Gasteiger partial charge on any atom is 0.136 e. The first-order valence-corrected chi connectivity index (χ1v) is 26.7. The first kappa shape index (κ1) is 42.9. The van der Waals surface area contributed by atoms with Crippen LogP contribution >= 0.6 is 0 Å². The molecule has 0 aliphatic rings. The van der Waals surface area contributed by atoms with Crippen LogP contribution in [0.3, 0.4) is 0 Å². The summed E-state index contributed by atoms with van der Waals surface area (Å²) in [5, 5.41) is 14.2. The van der Waals surface area contributed by atoms with Gasteiger partial charge in [-0.3, -0.25) is 0 Å². The molecule has 17 rings (SSSR count). The number of hydrogen-bond acceptors (Lipinski definition) is 2. The first-order valence-electron chi connectivity index (χ1n) is 26.7. The number of fused-ring (bicyclic) bond motifs is 14.